The van der Waals surface area contributed by atoms with E-state index < -0.39 is 29.6 Å². The van der Waals surface area contributed by atoms with E-state index >= 15 is 0 Å². The van der Waals surface area contributed by atoms with Gasteiger partial charge >= 0.3 is 5.97 Å². The summed E-state index contributed by atoms with van der Waals surface area (Å²) in [7, 11) is 0. The molecule has 7 heteroatoms. The molecular formula is C21H24BrF2NO3. The average Bonchev–Trinajstić information content (AvgIpc) is 2.55. The van der Waals surface area contributed by atoms with E-state index in [9.17, 15) is 18.4 Å². The van der Waals surface area contributed by atoms with Crippen LogP contribution in [-0.2, 0) is 14.3 Å². The van der Waals surface area contributed by atoms with Crippen molar-refractivity contribution in [2.45, 2.75) is 62.3 Å². The fraction of sp³-hybridized carbons (Fsp3) is 0.619. The Bertz CT molecular complexity index is 801. The normalized spacial score (nSPS) is 34.1. The van der Waals surface area contributed by atoms with Crippen LogP contribution in [-0.4, -0.2) is 22.3 Å². The van der Waals surface area contributed by atoms with Crippen molar-refractivity contribution in [1.29, 1.82) is 0 Å². The van der Waals surface area contributed by atoms with Crippen molar-refractivity contribution in [2.24, 2.45) is 17.3 Å². The highest BCUT2D eigenvalue weighted by Gasteiger charge is 2.57. The van der Waals surface area contributed by atoms with Crippen LogP contribution in [0.5, 0.6) is 0 Å². The summed E-state index contributed by atoms with van der Waals surface area (Å²) in [6.07, 6.45) is 5.89. The lowest BCUT2D eigenvalue weighted by Crippen LogP contribution is -2.53. The number of carbonyl (C=O) groups excluding carboxylic acids is 2. The second-order valence-corrected chi connectivity index (χ2v) is 10.7. The minimum Gasteiger partial charge on any atom is -0.453 e. The van der Waals surface area contributed by atoms with Crippen LogP contribution in [0.25, 0.3) is 0 Å². The van der Waals surface area contributed by atoms with E-state index in [1.165, 1.54) is 26.2 Å². The van der Waals surface area contributed by atoms with Crippen LogP contribution in [0.15, 0.2) is 18.2 Å². The third-order valence-corrected chi connectivity index (χ3v) is 7.42. The Labute approximate surface area is 171 Å². The number of carbonyl (C=O) groups is 2. The molecule has 0 spiro atoms. The molecular weight excluding hydrogens is 432 g/mol. The topological polar surface area (TPSA) is 55.4 Å². The van der Waals surface area contributed by atoms with E-state index in [0.717, 1.165) is 37.5 Å². The van der Waals surface area contributed by atoms with Gasteiger partial charge in [0, 0.05) is 10.4 Å². The quantitative estimate of drug-likeness (QED) is 0.504. The summed E-state index contributed by atoms with van der Waals surface area (Å²) in [5.41, 5.74) is -0.314. The third kappa shape index (κ3) is 3.95. The lowest BCUT2D eigenvalue weighted by Gasteiger charge is -2.60. The van der Waals surface area contributed by atoms with E-state index in [0.29, 0.717) is 18.3 Å². The summed E-state index contributed by atoms with van der Waals surface area (Å²) in [6, 6.07) is 2.80. The van der Waals surface area contributed by atoms with Gasteiger partial charge in [-0.3, -0.25) is 9.59 Å². The van der Waals surface area contributed by atoms with Gasteiger partial charge in [0.1, 0.15) is 11.6 Å². The monoisotopic (exact) mass is 455 g/mol. The Kier molecular flexibility index (Phi) is 5.01. The molecule has 0 aliphatic heterocycles. The van der Waals surface area contributed by atoms with E-state index in [1.54, 1.807) is 0 Å². The first-order chi connectivity index (χ1) is 13.2. The molecule has 3 atom stereocenters. The molecule has 1 N–H and O–H groups in total. The molecule has 4 bridgehead atoms. The Hall–Kier alpha value is -1.50. The van der Waals surface area contributed by atoms with Crippen LogP contribution in [0.2, 0.25) is 0 Å². The molecule has 5 rings (SSSR count). The Morgan fingerprint density at radius 3 is 2.57 bits per heavy atom. The fourth-order valence-corrected chi connectivity index (χ4v) is 7.48. The van der Waals surface area contributed by atoms with Crippen molar-refractivity contribution < 1.29 is 23.1 Å². The molecule has 0 radical (unpaired) electrons. The molecule has 4 aliphatic rings. The van der Waals surface area contributed by atoms with Crippen LogP contribution in [0.4, 0.5) is 14.5 Å². The maximum absolute atomic E-state index is 13.7. The second kappa shape index (κ2) is 7.08. The number of halogens is 3. The minimum absolute atomic E-state index is 0.0461. The number of anilines is 1. The zero-order valence-electron chi connectivity index (χ0n) is 15.8. The van der Waals surface area contributed by atoms with E-state index in [2.05, 4.69) is 21.2 Å². The molecule has 28 heavy (non-hydrogen) atoms. The average molecular weight is 456 g/mol. The number of hydrogen-bond donors (Lipinski definition) is 1. The molecule has 1 amide bonds. The molecule has 4 fully saturated rings. The lowest BCUT2D eigenvalue weighted by atomic mass is 9.49. The third-order valence-electron chi connectivity index (χ3n) is 6.49. The maximum atomic E-state index is 13.7. The van der Waals surface area contributed by atoms with Gasteiger partial charge < -0.3 is 10.1 Å². The van der Waals surface area contributed by atoms with Gasteiger partial charge in [-0.05, 0) is 74.8 Å². The minimum atomic E-state index is -1.08. The van der Waals surface area contributed by atoms with Crippen molar-refractivity contribution in [3.63, 3.8) is 0 Å². The molecule has 4 aliphatic carbocycles. The highest BCUT2D eigenvalue weighted by atomic mass is 79.9. The molecule has 4 nitrogen and oxygen atoms in total. The zero-order chi connectivity index (χ0) is 20.1. The highest BCUT2D eigenvalue weighted by Crippen LogP contribution is 2.65. The summed E-state index contributed by atoms with van der Waals surface area (Å²) >= 11 is 3.92. The maximum Gasteiger partial charge on any atom is 0.307 e. The number of rotatable bonds is 5. The summed E-state index contributed by atoms with van der Waals surface area (Å²) < 4.78 is 32.4. The highest BCUT2D eigenvalue weighted by molar-refractivity contribution is 9.10. The standard InChI is InChI=1S/C21H24BrF2NO3/c1-12(19(27)25-17-5-15(23)2-3-16(17)24)28-18(26)10-20-6-13-4-14(7-20)9-21(22,8-13)11-20/h2-3,5,12-14H,4,6-11H2,1H3,(H,25,27). The van der Waals surface area contributed by atoms with Crippen molar-refractivity contribution in [3.8, 4) is 0 Å². The molecule has 1 aromatic rings. The van der Waals surface area contributed by atoms with Crippen LogP contribution < -0.4 is 5.32 Å². The Balaban J connectivity index is 1.36. The van der Waals surface area contributed by atoms with E-state index in [4.69, 9.17) is 4.74 Å². The Morgan fingerprint density at radius 1 is 1.25 bits per heavy atom. The summed E-state index contributed by atoms with van der Waals surface area (Å²) in [6.45, 7) is 1.44. The largest absolute Gasteiger partial charge is 0.453 e. The van der Waals surface area contributed by atoms with Crippen molar-refractivity contribution >= 4 is 33.5 Å². The van der Waals surface area contributed by atoms with Crippen molar-refractivity contribution in [3.05, 3.63) is 29.8 Å². The predicted molar refractivity (Wildman–Crippen MR) is 104 cm³/mol. The molecule has 0 heterocycles. The van der Waals surface area contributed by atoms with Gasteiger partial charge in [-0.1, -0.05) is 15.9 Å². The molecule has 0 aromatic heterocycles. The number of amides is 1. The number of nitrogens with one attached hydrogen (secondary N) is 1. The first kappa shape index (κ1) is 19.8. The first-order valence-electron chi connectivity index (χ1n) is 9.80. The predicted octanol–water partition coefficient (Wildman–Crippen LogP) is 4.96. The molecule has 152 valence electrons. The van der Waals surface area contributed by atoms with Crippen molar-refractivity contribution in [1.82, 2.24) is 0 Å². The smallest absolute Gasteiger partial charge is 0.307 e. The number of alkyl halides is 1. The first-order valence-corrected chi connectivity index (χ1v) is 10.6. The number of ether oxygens (including phenoxy) is 1. The van der Waals surface area contributed by atoms with Gasteiger partial charge in [-0.2, -0.15) is 0 Å². The lowest BCUT2D eigenvalue weighted by molar-refractivity contribution is -0.159. The molecule has 1 aromatic carbocycles. The summed E-state index contributed by atoms with van der Waals surface area (Å²) in [4.78, 5) is 24.8. The molecule has 0 saturated heterocycles. The van der Waals surface area contributed by atoms with E-state index in [1.807, 2.05) is 0 Å². The number of hydrogen-bond acceptors (Lipinski definition) is 3. The van der Waals surface area contributed by atoms with Gasteiger partial charge in [-0.15, -0.1) is 0 Å². The van der Waals surface area contributed by atoms with Crippen LogP contribution in [0.3, 0.4) is 0 Å². The number of esters is 1. The van der Waals surface area contributed by atoms with Crippen LogP contribution in [0, 0.1) is 28.9 Å². The molecule has 3 unspecified atom stereocenters. The fourth-order valence-electron chi connectivity index (χ4n) is 5.97. The second-order valence-electron chi connectivity index (χ2n) is 9.03. The van der Waals surface area contributed by atoms with Gasteiger partial charge in [0.2, 0.25) is 0 Å². The zero-order valence-corrected chi connectivity index (χ0v) is 17.4. The van der Waals surface area contributed by atoms with Gasteiger partial charge in [-0.25, -0.2) is 8.78 Å². The molecule has 4 saturated carbocycles. The Morgan fingerprint density at radius 2 is 1.93 bits per heavy atom. The summed E-state index contributed by atoms with van der Waals surface area (Å²) in [5.74, 6) is -1.17. The van der Waals surface area contributed by atoms with Crippen LogP contribution in [0.1, 0.15) is 51.9 Å². The van der Waals surface area contributed by atoms with Crippen LogP contribution >= 0.6 is 15.9 Å². The van der Waals surface area contributed by atoms with Gasteiger partial charge in [0.15, 0.2) is 6.10 Å². The number of benzene rings is 1. The van der Waals surface area contributed by atoms with Gasteiger partial charge in [0.25, 0.3) is 5.91 Å². The van der Waals surface area contributed by atoms with Crippen molar-refractivity contribution in [2.75, 3.05) is 5.32 Å². The van der Waals surface area contributed by atoms with E-state index in [-0.39, 0.29) is 15.4 Å². The summed E-state index contributed by atoms with van der Waals surface area (Å²) in [5, 5.41) is 2.28. The SMILES string of the molecule is CC(OC(=O)CC12CC3CC(CC(Br)(C3)C1)C2)C(=O)Nc1cc(F)ccc1F. The van der Waals surface area contributed by atoms with Gasteiger partial charge in [0.05, 0.1) is 12.1 Å².